The first-order chi connectivity index (χ1) is 7.69. The molecule has 1 rings (SSSR count). The molecule has 1 atom stereocenters. The monoisotopic (exact) mass is 218 g/mol. The highest BCUT2D eigenvalue weighted by atomic mass is 14.9. The quantitative estimate of drug-likeness (QED) is 0.585. The van der Waals surface area contributed by atoms with E-state index in [-0.39, 0.29) is 0 Å². The lowest BCUT2D eigenvalue weighted by atomic mass is 10.0. The molecule has 0 fully saturated rings. The molecule has 1 aromatic heterocycles. The number of unbranched alkanes of at least 4 members (excludes halogenated alkanes) is 1. The molecule has 0 bridgehead atoms. The number of pyridine rings is 1. The van der Waals surface area contributed by atoms with E-state index in [2.05, 4.69) is 36.8 Å². The van der Waals surface area contributed by atoms with Crippen molar-refractivity contribution in [1.82, 2.24) is 10.3 Å². The first-order valence-electron chi connectivity index (χ1n) is 5.90. The summed E-state index contributed by atoms with van der Waals surface area (Å²) in [6, 6.07) is 2.56. The Morgan fingerprint density at radius 3 is 2.81 bits per heavy atom. The minimum atomic E-state index is 0.362. The summed E-state index contributed by atoms with van der Waals surface area (Å²) in [5.41, 5.74) is 3.68. The predicted octanol–water partition coefficient (Wildman–Crippen LogP) is 3.32. The summed E-state index contributed by atoms with van der Waals surface area (Å²) < 4.78 is 0. The smallest absolute Gasteiger partial charge is 0.0602 e. The molecule has 0 saturated carbocycles. The largest absolute Gasteiger partial charge is 0.312 e. The summed E-state index contributed by atoms with van der Waals surface area (Å²) in [4.78, 5) is 4.54. The molecule has 0 spiro atoms. The Balaban J connectivity index is 2.74. The summed E-state index contributed by atoms with van der Waals surface area (Å²) in [6.45, 7) is 7.96. The standard InChI is InChI=1S/C14H22N2/c1-5-6-7-8-13(15-4)14-12(3)9-11(2)10-16-14/h5,9-10,13,15H,1,6-8H2,2-4H3. The van der Waals surface area contributed by atoms with Gasteiger partial charge in [0.2, 0.25) is 0 Å². The van der Waals surface area contributed by atoms with Crippen LogP contribution in [-0.4, -0.2) is 12.0 Å². The summed E-state index contributed by atoms with van der Waals surface area (Å²) in [6.07, 6.45) is 7.26. The van der Waals surface area contributed by atoms with Crippen LogP contribution in [0, 0.1) is 13.8 Å². The SMILES string of the molecule is C=CCCCC(NC)c1ncc(C)cc1C. The Morgan fingerprint density at radius 2 is 2.25 bits per heavy atom. The molecular formula is C14H22N2. The fourth-order valence-corrected chi connectivity index (χ4v) is 1.97. The molecule has 0 aliphatic heterocycles. The second kappa shape index (κ2) is 6.44. The third kappa shape index (κ3) is 3.46. The van der Waals surface area contributed by atoms with Crippen LogP contribution in [0.15, 0.2) is 24.9 Å². The van der Waals surface area contributed by atoms with Gasteiger partial charge >= 0.3 is 0 Å². The zero-order valence-electron chi connectivity index (χ0n) is 10.6. The lowest BCUT2D eigenvalue weighted by Crippen LogP contribution is -2.18. The fourth-order valence-electron chi connectivity index (χ4n) is 1.97. The maximum absolute atomic E-state index is 4.54. The number of aryl methyl sites for hydroxylation is 2. The Labute approximate surface area is 98.8 Å². The lowest BCUT2D eigenvalue weighted by molar-refractivity contribution is 0.515. The van der Waals surface area contributed by atoms with Crippen LogP contribution < -0.4 is 5.32 Å². The van der Waals surface area contributed by atoms with Gasteiger partial charge in [-0.1, -0.05) is 12.1 Å². The van der Waals surface area contributed by atoms with Crippen LogP contribution in [0.3, 0.4) is 0 Å². The van der Waals surface area contributed by atoms with Crippen molar-refractivity contribution in [1.29, 1.82) is 0 Å². The molecule has 0 saturated heterocycles. The summed E-state index contributed by atoms with van der Waals surface area (Å²) >= 11 is 0. The van der Waals surface area contributed by atoms with Crippen LogP contribution in [0.5, 0.6) is 0 Å². The molecule has 0 amide bonds. The second-order valence-corrected chi connectivity index (χ2v) is 4.28. The van der Waals surface area contributed by atoms with E-state index in [4.69, 9.17) is 0 Å². The molecule has 1 N–H and O–H groups in total. The van der Waals surface area contributed by atoms with Crippen LogP contribution in [-0.2, 0) is 0 Å². The number of hydrogen-bond acceptors (Lipinski definition) is 2. The average Bonchev–Trinajstić information content (AvgIpc) is 2.26. The van der Waals surface area contributed by atoms with E-state index in [0.717, 1.165) is 19.3 Å². The zero-order valence-corrected chi connectivity index (χ0v) is 10.6. The van der Waals surface area contributed by atoms with Crippen molar-refractivity contribution < 1.29 is 0 Å². The number of aromatic nitrogens is 1. The Bertz CT molecular complexity index is 345. The van der Waals surface area contributed by atoms with E-state index in [1.165, 1.54) is 16.8 Å². The van der Waals surface area contributed by atoms with Gasteiger partial charge in [0.25, 0.3) is 0 Å². The molecule has 1 unspecified atom stereocenters. The fraction of sp³-hybridized carbons (Fsp3) is 0.500. The Kier molecular flexibility index (Phi) is 5.20. The molecule has 0 aliphatic carbocycles. The van der Waals surface area contributed by atoms with Gasteiger partial charge in [-0.05, 0) is 51.3 Å². The van der Waals surface area contributed by atoms with Gasteiger partial charge in [0.05, 0.1) is 5.69 Å². The van der Waals surface area contributed by atoms with Crippen LogP contribution in [0.1, 0.15) is 42.1 Å². The average molecular weight is 218 g/mol. The lowest BCUT2D eigenvalue weighted by Gasteiger charge is -2.17. The first kappa shape index (κ1) is 12.9. The number of nitrogens with zero attached hydrogens (tertiary/aromatic N) is 1. The van der Waals surface area contributed by atoms with E-state index in [1.807, 2.05) is 19.3 Å². The highest BCUT2D eigenvalue weighted by Crippen LogP contribution is 2.20. The van der Waals surface area contributed by atoms with E-state index in [9.17, 15) is 0 Å². The Morgan fingerprint density at radius 1 is 1.50 bits per heavy atom. The minimum absolute atomic E-state index is 0.362. The van der Waals surface area contributed by atoms with Gasteiger partial charge in [0.15, 0.2) is 0 Å². The van der Waals surface area contributed by atoms with E-state index >= 15 is 0 Å². The molecule has 0 aromatic carbocycles. The van der Waals surface area contributed by atoms with Crippen molar-refractivity contribution in [3.8, 4) is 0 Å². The third-order valence-corrected chi connectivity index (χ3v) is 2.84. The van der Waals surface area contributed by atoms with Crippen LogP contribution in [0.25, 0.3) is 0 Å². The van der Waals surface area contributed by atoms with E-state index in [0.29, 0.717) is 6.04 Å². The maximum Gasteiger partial charge on any atom is 0.0602 e. The van der Waals surface area contributed by atoms with Crippen molar-refractivity contribution >= 4 is 0 Å². The summed E-state index contributed by atoms with van der Waals surface area (Å²) in [5, 5.41) is 3.34. The predicted molar refractivity (Wildman–Crippen MR) is 69.6 cm³/mol. The highest BCUT2D eigenvalue weighted by molar-refractivity contribution is 5.25. The summed E-state index contributed by atoms with van der Waals surface area (Å²) in [5.74, 6) is 0. The van der Waals surface area contributed by atoms with Gasteiger partial charge in [0, 0.05) is 12.2 Å². The van der Waals surface area contributed by atoms with Crippen LogP contribution >= 0.6 is 0 Å². The van der Waals surface area contributed by atoms with Crippen molar-refractivity contribution in [3.63, 3.8) is 0 Å². The van der Waals surface area contributed by atoms with Crippen LogP contribution in [0.4, 0.5) is 0 Å². The number of nitrogens with one attached hydrogen (secondary N) is 1. The molecule has 0 aliphatic rings. The Hall–Kier alpha value is -1.15. The van der Waals surface area contributed by atoms with E-state index in [1.54, 1.807) is 0 Å². The van der Waals surface area contributed by atoms with Crippen molar-refractivity contribution in [2.75, 3.05) is 7.05 Å². The van der Waals surface area contributed by atoms with Crippen LogP contribution in [0.2, 0.25) is 0 Å². The molecule has 1 aromatic rings. The zero-order chi connectivity index (χ0) is 12.0. The summed E-state index contributed by atoms with van der Waals surface area (Å²) in [7, 11) is 2.00. The van der Waals surface area contributed by atoms with Gasteiger partial charge in [-0.2, -0.15) is 0 Å². The maximum atomic E-state index is 4.54. The van der Waals surface area contributed by atoms with Crippen molar-refractivity contribution in [3.05, 3.63) is 41.7 Å². The molecule has 2 heteroatoms. The van der Waals surface area contributed by atoms with Gasteiger partial charge in [-0.25, -0.2) is 0 Å². The minimum Gasteiger partial charge on any atom is -0.312 e. The topological polar surface area (TPSA) is 24.9 Å². The highest BCUT2D eigenvalue weighted by Gasteiger charge is 2.12. The van der Waals surface area contributed by atoms with Gasteiger partial charge in [0.1, 0.15) is 0 Å². The molecule has 88 valence electrons. The molecule has 0 radical (unpaired) electrons. The number of hydrogen-bond donors (Lipinski definition) is 1. The normalized spacial score (nSPS) is 12.4. The molecule has 1 heterocycles. The molecular weight excluding hydrogens is 196 g/mol. The van der Waals surface area contributed by atoms with Gasteiger partial charge < -0.3 is 5.32 Å². The van der Waals surface area contributed by atoms with Crippen molar-refractivity contribution in [2.24, 2.45) is 0 Å². The second-order valence-electron chi connectivity index (χ2n) is 4.28. The molecule has 16 heavy (non-hydrogen) atoms. The number of rotatable bonds is 6. The third-order valence-electron chi connectivity index (χ3n) is 2.84. The molecule has 2 nitrogen and oxygen atoms in total. The van der Waals surface area contributed by atoms with Crippen molar-refractivity contribution in [2.45, 2.75) is 39.2 Å². The van der Waals surface area contributed by atoms with Gasteiger partial charge in [-0.15, -0.1) is 6.58 Å². The number of allylic oxidation sites excluding steroid dienone is 1. The van der Waals surface area contributed by atoms with Gasteiger partial charge in [-0.3, -0.25) is 4.98 Å². The van der Waals surface area contributed by atoms with E-state index < -0.39 is 0 Å². The first-order valence-corrected chi connectivity index (χ1v) is 5.90.